The zero-order valence-electron chi connectivity index (χ0n) is 17.1. The summed E-state index contributed by atoms with van der Waals surface area (Å²) in [4.78, 5) is 40.5. The summed E-state index contributed by atoms with van der Waals surface area (Å²) in [6.45, 7) is -0.271. The van der Waals surface area contributed by atoms with E-state index in [1.165, 1.54) is 15.9 Å². The maximum atomic E-state index is 14.0. The fourth-order valence-electron chi connectivity index (χ4n) is 4.20. The molecule has 0 unspecified atom stereocenters. The first-order chi connectivity index (χ1) is 15.9. The van der Waals surface area contributed by atoms with Crippen LogP contribution >= 0.6 is 11.8 Å². The van der Waals surface area contributed by atoms with Crippen LogP contribution in [0, 0.1) is 11.6 Å². The summed E-state index contributed by atoms with van der Waals surface area (Å²) in [5.74, 6) is -3.51. The first-order valence-electron chi connectivity index (χ1n) is 10.1. The zero-order valence-corrected chi connectivity index (χ0v) is 17.9. The monoisotopic (exact) mass is 465 g/mol. The number of fused-ring (bicyclic) bond motifs is 2. The minimum absolute atomic E-state index is 0.0247. The van der Waals surface area contributed by atoms with Crippen LogP contribution in [0.25, 0.3) is 0 Å². The Kier molecular flexibility index (Phi) is 5.13. The molecule has 6 nitrogen and oxygen atoms in total. The number of nitrogens with zero attached hydrogens (tertiary/aromatic N) is 2. The van der Waals surface area contributed by atoms with Crippen molar-refractivity contribution in [1.82, 2.24) is 0 Å². The molecule has 0 bridgehead atoms. The lowest BCUT2D eigenvalue weighted by molar-refractivity contribution is -0.124. The summed E-state index contributed by atoms with van der Waals surface area (Å²) in [6.07, 6.45) is 0. The van der Waals surface area contributed by atoms with E-state index in [9.17, 15) is 23.2 Å². The second-order valence-electron chi connectivity index (χ2n) is 7.58. The summed E-state index contributed by atoms with van der Waals surface area (Å²) in [5, 5.41) is 2.75. The fourth-order valence-corrected chi connectivity index (χ4v) is 5.56. The molecule has 0 radical (unpaired) electrons. The van der Waals surface area contributed by atoms with Gasteiger partial charge in [-0.3, -0.25) is 24.2 Å². The van der Waals surface area contributed by atoms with Crippen LogP contribution in [0.2, 0.25) is 0 Å². The van der Waals surface area contributed by atoms with Gasteiger partial charge in [-0.25, -0.2) is 8.78 Å². The smallest absolute Gasteiger partial charge is 0.269 e. The van der Waals surface area contributed by atoms with Crippen molar-refractivity contribution in [3.8, 4) is 0 Å². The van der Waals surface area contributed by atoms with Crippen LogP contribution < -0.4 is 15.1 Å². The van der Waals surface area contributed by atoms with E-state index in [4.69, 9.17) is 0 Å². The van der Waals surface area contributed by atoms with Crippen molar-refractivity contribution < 1.29 is 23.2 Å². The summed E-state index contributed by atoms with van der Waals surface area (Å²) in [5.41, 5.74) is 1.66. The molecule has 0 aliphatic carbocycles. The van der Waals surface area contributed by atoms with Gasteiger partial charge in [-0.1, -0.05) is 36.4 Å². The van der Waals surface area contributed by atoms with E-state index >= 15 is 0 Å². The normalized spacial score (nSPS) is 19.3. The Morgan fingerprint density at radius 2 is 1.70 bits per heavy atom. The van der Waals surface area contributed by atoms with E-state index in [0.29, 0.717) is 16.9 Å². The highest BCUT2D eigenvalue weighted by atomic mass is 32.2. The highest BCUT2D eigenvalue weighted by molar-refractivity contribution is 8.02. The van der Waals surface area contributed by atoms with Gasteiger partial charge in [0.05, 0.1) is 11.4 Å². The molecule has 2 heterocycles. The first kappa shape index (κ1) is 21.1. The number of nitrogens with one attached hydrogen (secondary N) is 1. The molecule has 1 N–H and O–H groups in total. The van der Waals surface area contributed by atoms with E-state index < -0.39 is 34.2 Å². The molecule has 9 heteroatoms. The summed E-state index contributed by atoms with van der Waals surface area (Å²) in [6, 6.07) is 18.8. The molecule has 0 saturated carbocycles. The Bertz CT molecular complexity index is 1290. The standard InChI is InChI=1S/C24H17F2N3O3S/c25-18-11-10-16(12-19(18)26)29-22(31)14-33-24(29)17-8-4-5-9-20(17)28(23(24)32)13-21(30)27-15-6-2-1-3-7-15/h1-12H,13-14H2,(H,27,30)/t24-/m0/s1. The van der Waals surface area contributed by atoms with Gasteiger partial charge in [0.1, 0.15) is 6.54 Å². The molecular formula is C24H17F2N3O3S. The molecule has 0 aromatic heterocycles. The van der Waals surface area contributed by atoms with E-state index in [-0.39, 0.29) is 18.0 Å². The van der Waals surface area contributed by atoms with E-state index in [0.717, 1.165) is 23.9 Å². The Morgan fingerprint density at radius 1 is 0.970 bits per heavy atom. The van der Waals surface area contributed by atoms with Crippen molar-refractivity contribution in [1.29, 1.82) is 0 Å². The van der Waals surface area contributed by atoms with Crippen LogP contribution in [0.3, 0.4) is 0 Å². The number of para-hydroxylation sites is 2. The molecule has 2 aliphatic heterocycles. The van der Waals surface area contributed by atoms with Crippen LogP contribution in [-0.2, 0) is 19.3 Å². The second-order valence-corrected chi connectivity index (χ2v) is 8.75. The second kappa shape index (κ2) is 8.00. The van der Waals surface area contributed by atoms with Crippen molar-refractivity contribution in [3.63, 3.8) is 0 Å². The largest absolute Gasteiger partial charge is 0.325 e. The molecule has 3 aromatic rings. The molecule has 5 rings (SSSR count). The van der Waals surface area contributed by atoms with Gasteiger partial charge in [-0.2, -0.15) is 0 Å². The quantitative estimate of drug-likeness (QED) is 0.635. The Morgan fingerprint density at radius 3 is 2.45 bits per heavy atom. The lowest BCUT2D eigenvalue weighted by Gasteiger charge is -2.33. The number of halogens is 2. The predicted octanol–water partition coefficient (Wildman–Crippen LogP) is 3.88. The SMILES string of the molecule is O=C(CN1C(=O)[C@@]2(SCC(=O)N2c2ccc(F)c(F)c2)c2ccccc21)Nc1ccccc1. The molecule has 1 fully saturated rings. The molecular weight excluding hydrogens is 448 g/mol. The number of anilines is 3. The van der Waals surface area contributed by atoms with Crippen molar-refractivity contribution in [2.24, 2.45) is 0 Å². The molecule has 3 aromatic carbocycles. The number of benzene rings is 3. The summed E-state index contributed by atoms with van der Waals surface area (Å²) < 4.78 is 27.6. The number of hydrogen-bond acceptors (Lipinski definition) is 4. The third kappa shape index (κ3) is 3.36. The van der Waals surface area contributed by atoms with E-state index in [1.54, 1.807) is 48.5 Å². The van der Waals surface area contributed by atoms with Crippen LogP contribution in [0.15, 0.2) is 72.8 Å². The van der Waals surface area contributed by atoms with Crippen molar-refractivity contribution in [2.75, 3.05) is 27.4 Å². The van der Waals surface area contributed by atoms with Crippen molar-refractivity contribution in [3.05, 3.63) is 90.0 Å². The van der Waals surface area contributed by atoms with Crippen LogP contribution in [0.5, 0.6) is 0 Å². The van der Waals surface area contributed by atoms with Crippen LogP contribution in [0.4, 0.5) is 25.8 Å². The van der Waals surface area contributed by atoms with Gasteiger partial charge < -0.3 is 5.32 Å². The highest BCUT2D eigenvalue weighted by Gasteiger charge is 2.61. The van der Waals surface area contributed by atoms with Crippen LogP contribution in [-0.4, -0.2) is 30.0 Å². The van der Waals surface area contributed by atoms with Gasteiger partial charge in [-0.05, 0) is 30.3 Å². The van der Waals surface area contributed by atoms with E-state index in [1.807, 2.05) is 6.07 Å². The van der Waals surface area contributed by atoms with Gasteiger partial charge in [0, 0.05) is 23.0 Å². The summed E-state index contributed by atoms with van der Waals surface area (Å²) in [7, 11) is 0. The fraction of sp³-hybridized carbons (Fsp3) is 0.125. The number of carbonyl (C=O) groups is 3. The van der Waals surface area contributed by atoms with Gasteiger partial charge >= 0.3 is 0 Å². The molecule has 2 aliphatic rings. The minimum Gasteiger partial charge on any atom is -0.325 e. The van der Waals surface area contributed by atoms with Gasteiger partial charge in [0.25, 0.3) is 5.91 Å². The highest BCUT2D eigenvalue weighted by Crippen LogP contribution is 2.55. The van der Waals surface area contributed by atoms with Gasteiger partial charge in [-0.15, -0.1) is 11.8 Å². The number of carbonyl (C=O) groups excluding carboxylic acids is 3. The predicted molar refractivity (Wildman–Crippen MR) is 122 cm³/mol. The minimum atomic E-state index is -1.51. The topological polar surface area (TPSA) is 69.7 Å². The van der Waals surface area contributed by atoms with E-state index in [2.05, 4.69) is 5.32 Å². The van der Waals surface area contributed by atoms with Gasteiger partial charge in [0.2, 0.25) is 16.7 Å². The summed E-state index contributed by atoms with van der Waals surface area (Å²) >= 11 is 1.10. The third-order valence-corrected chi connectivity index (χ3v) is 6.97. The first-order valence-corrected chi connectivity index (χ1v) is 11.1. The Balaban J connectivity index is 1.54. The lowest BCUT2D eigenvalue weighted by Crippen LogP contribution is -2.51. The average molecular weight is 465 g/mol. The molecule has 1 atom stereocenters. The lowest BCUT2D eigenvalue weighted by atomic mass is 10.0. The number of thioether (sulfide) groups is 1. The molecule has 33 heavy (non-hydrogen) atoms. The van der Waals surface area contributed by atoms with Crippen molar-refractivity contribution >= 4 is 46.5 Å². The number of rotatable bonds is 4. The maximum absolute atomic E-state index is 14.0. The van der Waals surface area contributed by atoms with Crippen molar-refractivity contribution in [2.45, 2.75) is 4.87 Å². The molecule has 3 amide bonds. The average Bonchev–Trinajstić information content (AvgIpc) is 3.27. The zero-order chi connectivity index (χ0) is 23.2. The molecule has 166 valence electrons. The van der Waals surface area contributed by atoms with Crippen LogP contribution in [0.1, 0.15) is 5.56 Å². The third-order valence-electron chi connectivity index (χ3n) is 5.58. The maximum Gasteiger partial charge on any atom is 0.269 e. The number of hydrogen-bond donors (Lipinski definition) is 1. The number of amides is 3. The Labute approximate surface area is 192 Å². The Hall–Kier alpha value is -3.72. The van der Waals surface area contributed by atoms with Gasteiger partial charge in [0.15, 0.2) is 11.6 Å². The molecule has 1 spiro atoms. The molecule has 1 saturated heterocycles.